The van der Waals surface area contributed by atoms with Crippen LogP contribution < -0.4 is 4.72 Å². The van der Waals surface area contributed by atoms with Gasteiger partial charge in [-0.1, -0.05) is 57.9 Å². The molecule has 0 bridgehead atoms. The Morgan fingerprint density at radius 3 is 2.52 bits per heavy atom. The Bertz CT molecular complexity index is 975. The SMILES string of the molecule is O=C(O)C(Cc1ccccc1Br)NS(=O)c1ccc(-c2ccc(Cl)cc2)s1. The van der Waals surface area contributed by atoms with Crippen molar-refractivity contribution in [3.63, 3.8) is 0 Å². The van der Waals surface area contributed by atoms with Gasteiger partial charge < -0.3 is 5.11 Å². The lowest BCUT2D eigenvalue weighted by Gasteiger charge is -2.14. The number of hydrogen-bond donors (Lipinski definition) is 2. The zero-order chi connectivity index (χ0) is 19.4. The zero-order valence-corrected chi connectivity index (χ0v) is 17.9. The number of nitrogens with one attached hydrogen (secondary N) is 1. The minimum Gasteiger partial charge on any atom is -0.480 e. The summed E-state index contributed by atoms with van der Waals surface area (Å²) in [5.74, 6) is -1.05. The number of thiophene rings is 1. The lowest BCUT2D eigenvalue weighted by molar-refractivity contribution is -0.138. The predicted molar refractivity (Wildman–Crippen MR) is 114 cm³/mol. The fraction of sp³-hybridized carbons (Fsp3) is 0.105. The summed E-state index contributed by atoms with van der Waals surface area (Å²) in [6.45, 7) is 0. The lowest BCUT2D eigenvalue weighted by atomic mass is 10.1. The van der Waals surface area contributed by atoms with Crippen molar-refractivity contribution < 1.29 is 14.1 Å². The number of halogens is 2. The first kappa shape index (κ1) is 20.2. The van der Waals surface area contributed by atoms with E-state index in [1.54, 1.807) is 18.2 Å². The number of carbonyl (C=O) groups is 1. The van der Waals surface area contributed by atoms with E-state index in [-0.39, 0.29) is 6.42 Å². The Kier molecular flexibility index (Phi) is 6.83. The topological polar surface area (TPSA) is 66.4 Å². The maximum atomic E-state index is 12.6. The summed E-state index contributed by atoms with van der Waals surface area (Å²) in [6.07, 6.45) is 0.220. The molecule has 0 amide bonds. The van der Waals surface area contributed by atoms with Crippen LogP contribution in [0, 0.1) is 0 Å². The van der Waals surface area contributed by atoms with Gasteiger partial charge in [0.05, 0.1) is 0 Å². The molecule has 0 aliphatic rings. The van der Waals surface area contributed by atoms with Crippen molar-refractivity contribution in [1.29, 1.82) is 0 Å². The number of benzene rings is 2. The van der Waals surface area contributed by atoms with Crippen LogP contribution in [0.4, 0.5) is 0 Å². The van der Waals surface area contributed by atoms with E-state index in [9.17, 15) is 14.1 Å². The third-order valence-electron chi connectivity index (χ3n) is 3.82. The largest absolute Gasteiger partial charge is 0.480 e. The van der Waals surface area contributed by atoms with Crippen molar-refractivity contribution in [2.24, 2.45) is 0 Å². The molecule has 1 aromatic heterocycles. The van der Waals surface area contributed by atoms with Crippen molar-refractivity contribution in [3.8, 4) is 10.4 Å². The predicted octanol–water partition coefficient (Wildman–Crippen LogP) is 5.14. The number of rotatable bonds is 7. The van der Waals surface area contributed by atoms with Gasteiger partial charge in [0.25, 0.3) is 0 Å². The molecule has 0 radical (unpaired) electrons. The molecule has 2 aromatic carbocycles. The van der Waals surface area contributed by atoms with Gasteiger partial charge in [0.15, 0.2) is 0 Å². The van der Waals surface area contributed by atoms with E-state index < -0.39 is 23.0 Å². The standard InChI is InChI=1S/C19H15BrClNO3S2/c20-15-4-2-1-3-13(15)11-16(19(23)24)22-27(25)18-10-9-17(26-18)12-5-7-14(21)8-6-12/h1-10,16,22H,11H2,(H,23,24). The first-order valence-corrected chi connectivity index (χ1v) is 11.1. The van der Waals surface area contributed by atoms with Crippen LogP contribution in [-0.4, -0.2) is 21.3 Å². The van der Waals surface area contributed by atoms with Crippen LogP contribution in [0.2, 0.25) is 5.02 Å². The Morgan fingerprint density at radius 2 is 1.85 bits per heavy atom. The van der Waals surface area contributed by atoms with Crippen LogP contribution in [0.15, 0.2) is 69.3 Å². The minimum absolute atomic E-state index is 0.220. The van der Waals surface area contributed by atoms with Gasteiger partial charge in [-0.2, -0.15) is 0 Å². The van der Waals surface area contributed by atoms with E-state index in [2.05, 4.69) is 20.7 Å². The van der Waals surface area contributed by atoms with Crippen molar-refractivity contribution >= 4 is 55.8 Å². The molecular weight excluding hydrogens is 470 g/mol. The highest BCUT2D eigenvalue weighted by molar-refractivity contribution is 9.10. The summed E-state index contributed by atoms with van der Waals surface area (Å²) in [5, 5.41) is 10.2. The second-order valence-corrected chi connectivity index (χ2v) is 9.54. The molecule has 2 N–H and O–H groups in total. The quantitative estimate of drug-likeness (QED) is 0.488. The van der Waals surface area contributed by atoms with E-state index in [4.69, 9.17) is 11.6 Å². The highest BCUT2D eigenvalue weighted by Crippen LogP contribution is 2.30. The van der Waals surface area contributed by atoms with Crippen molar-refractivity contribution in [2.75, 3.05) is 0 Å². The summed E-state index contributed by atoms with van der Waals surface area (Å²) in [5.41, 5.74) is 1.80. The molecule has 3 aromatic rings. The van der Waals surface area contributed by atoms with Crippen LogP contribution in [0.25, 0.3) is 10.4 Å². The van der Waals surface area contributed by atoms with Gasteiger partial charge in [0.2, 0.25) is 0 Å². The smallest absolute Gasteiger partial charge is 0.321 e. The fourth-order valence-corrected chi connectivity index (χ4v) is 5.22. The molecule has 0 aliphatic carbocycles. The molecule has 140 valence electrons. The normalized spacial score (nSPS) is 13.3. The third-order valence-corrected chi connectivity index (χ3v) is 7.48. The molecule has 1 heterocycles. The van der Waals surface area contributed by atoms with Crippen LogP contribution in [0.3, 0.4) is 0 Å². The molecule has 4 nitrogen and oxygen atoms in total. The van der Waals surface area contributed by atoms with Crippen LogP contribution in [0.1, 0.15) is 5.56 Å². The lowest BCUT2D eigenvalue weighted by Crippen LogP contribution is -2.39. The molecule has 0 saturated heterocycles. The Balaban J connectivity index is 1.74. The minimum atomic E-state index is -1.63. The first-order valence-electron chi connectivity index (χ1n) is 7.94. The monoisotopic (exact) mass is 483 g/mol. The van der Waals surface area contributed by atoms with E-state index >= 15 is 0 Å². The van der Waals surface area contributed by atoms with E-state index in [1.165, 1.54) is 11.3 Å². The van der Waals surface area contributed by atoms with Gasteiger partial charge in [-0.3, -0.25) is 4.79 Å². The summed E-state index contributed by atoms with van der Waals surface area (Å²) in [4.78, 5) is 12.6. The van der Waals surface area contributed by atoms with Crippen molar-refractivity contribution in [3.05, 3.63) is 75.7 Å². The van der Waals surface area contributed by atoms with Crippen LogP contribution >= 0.6 is 38.9 Å². The van der Waals surface area contributed by atoms with Gasteiger partial charge in [0, 0.05) is 20.8 Å². The van der Waals surface area contributed by atoms with E-state index in [0.717, 1.165) is 20.5 Å². The van der Waals surface area contributed by atoms with Gasteiger partial charge in [0.1, 0.15) is 21.2 Å². The third kappa shape index (κ3) is 5.27. The number of hydrogen-bond acceptors (Lipinski definition) is 3. The van der Waals surface area contributed by atoms with E-state index in [0.29, 0.717) is 9.23 Å². The molecule has 0 fully saturated rings. The molecule has 0 saturated carbocycles. The zero-order valence-electron chi connectivity index (χ0n) is 13.9. The second-order valence-electron chi connectivity index (χ2n) is 5.70. The number of carboxylic acid groups (broad SMARTS) is 1. The average Bonchev–Trinajstić information content (AvgIpc) is 3.13. The van der Waals surface area contributed by atoms with Crippen molar-refractivity contribution in [2.45, 2.75) is 16.7 Å². The van der Waals surface area contributed by atoms with Crippen LogP contribution in [0.5, 0.6) is 0 Å². The molecule has 0 aliphatic heterocycles. The van der Waals surface area contributed by atoms with Crippen LogP contribution in [-0.2, 0) is 22.2 Å². The highest BCUT2D eigenvalue weighted by atomic mass is 79.9. The molecule has 2 atom stereocenters. The maximum Gasteiger partial charge on any atom is 0.321 e. The Labute approximate surface area is 176 Å². The molecule has 8 heteroatoms. The number of carboxylic acids is 1. The molecular formula is C19H15BrClNO3S2. The van der Waals surface area contributed by atoms with E-state index in [1.807, 2.05) is 42.5 Å². The van der Waals surface area contributed by atoms with Gasteiger partial charge in [-0.05, 0) is 41.5 Å². The average molecular weight is 485 g/mol. The molecule has 3 rings (SSSR count). The summed E-state index contributed by atoms with van der Waals surface area (Å²) in [6, 6.07) is 17.4. The fourth-order valence-electron chi connectivity index (χ4n) is 2.44. The first-order chi connectivity index (χ1) is 12.9. The highest BCUT2D eigenvalue weighted by Gasteiger charge is 2.22. The van der Waals surface area contributed by atoms with Gasteiger partial charge >= 0.3 is 5.97 Å². The Morgan fingerprint density at radius 1 is 1.15 bits per heavy atom. The molecule has 2 unspecified atom stereocenters. The summed E-state index contributed by atoms with van der Waals surface area (Å²) in [7, 11) is -1.63. The van der Waals surface area contributed by atoms with Gasteiger partial charge in [-0.15, -0.1) is 11.3 Å². The van der Waals surface area contributed by atoms with Gasteiger partial charge in [-0.25, -0.2) is 8.93 Å². The Hall–Kier alpha value is -1.51. The summed E-state index contributed by atoms with van der Waals surface area (Å²) < 4.78 is 16.8. The van der Waals surface area contributed by atoms with Crippen molar-refractivity contribution in [1.82, 2.24) is 4.72 Å². The maximum absolute atomic E-state index is 12.6. The second kappa shape index (κ2) is 9.12. The molecule has 27 heavy (non-hydrogen) atoms. The number of aliphatic carboxylic acids is 1. The summed E-state index contributed by atoms with van der Waals surface area (Å²) >= 11 is 10.7. The molecule has 0 spiro atoms.